The van der Waals surface area contributed by atoms with Crippen LogP contribution in [0.5, 0.6) is 0 Å². The number of halogens is 3. The second-order valence-corrected chi connectivity index (χ2v) is 21.0. The molecule has 0 aliphatic heterocycles. The number of rotatable bonds is 7. The summed E-state index contributed by atoms with van der Waals surface area (Å²) in [7, 11) is -6.24. The second-order valence-electron chi connectivity index (χ2n) is 7.51. The zero-order chi connectivity index (χ0) is 16.4. The van der Waals surface area contributed by atoms with E-state index >= 15 is 0 Å². The molecule has 0 aliphatic carbocycles. The van der Waals surface area contributed by atoms with Crippen molar-refractivity contribution in [1.82, 2.24) is 0 Å². The third-order valence-corrected chi connectivity index (χ3v) is 11.5. The maximum atomic E-state index is 12.6. The van der Waals surface area contributed by atoms with Gasteiger partial charge in [0.15, 0.2) is 16.6 Å². The fourth-order valence-corrected chi connectivity index (χ4v) is 13.1. The zero-order valence-corrected chi connectivity index (χ0v) is 16.9. The van der Waals surface area contributed by atoms with Gasteiger partial charge in [-0.2, -0.15) is 13.2 Å². The minimum atomic E-state index is -4.13. The van der Waals surface area contributed by atoms with Gasteiger partial charge in [0.25, 0.3) is 0 Å². The molecular weight excluding hydrogens is 317 g/mol. The maximum absolute atomic E-state index is 12.6. The number of alkyl halides is 3. The first kappa shape index (κ1) is 20.4. The van der Waals surface area contributed by atoms with Crippen LogP contribution in [0.3, 0.4) is 0 Å². The molecule has 0 aromatic rings. The van der Waals surface area contributed by atoms with Crippen LogP contribution in [0.25, 0.3) is 0 Å². The summed E-state index contributed by atoms with van der Waals surface area (Å²) in [6, 6.07) is 0.0758. The van der Waals surface area contributed by atoms with Crippen LogP contribution >= 0.6 is 0 Å². The smallest absolute Gasteiger partial charge is 0.388 e. The molecule has 0 heterocycles. The van der Waals surface area contributed by atoms with Gasteiger partial charge in [0.2, 0.25) is 8.32 Å². The Bertz CT molecular complexity index is 311. The summed E-state index contributed by atoms with van der Waals surface area (Å²) in [6.45, 7) is 16.0. The van der Waals surface area contributed by atoms with Gasteiger partial charge in [0, 0.05) is 6.42 Å². The molecule has 20 heavy (non-hydrogen) atoms. The molecule has 0 rings (SSSR count). The highest BCUT2D eigenvalue weighted by molar-refractivity contribution is 6.86. The van der Waals surface area contributed by atoms with Crippen molar-refractivity contribution in [2.45, 2.75) is 77.1 Å². The first-order valence-electron chi connectivity index (χ1n) is 6.99. The van der Waals surface area contributed by atoms with Gasteiger partial charge < -0.3 is 8.54 Å². The lowest BCUT2D eigenvalue weighted by molar-refractivity contribution is -0.131. The lowest BCUT2D eigenvalue weighted by atomic mass is 10.5. The topological polar surface area (TPSA) is 18.5 Å². The Hall–Kier alpha value is 0.361. The van der Waals surface area contributed by atoms with Crippen LogP contribution in [-0.2, 0) is 8.54 Å². The Morgan fingerprint density at radius 2 is 1.35 bits per heavy atom. The molecule has 2 nitrogen and oxygen atoms in total. The van der Waals surface area contributed by atoms with E-state index in [9.17, 15) is 13.2 Å². The molecule has 0 radical (unpaired) electrons. The Morgan fingerprint density at radius 3 is 1.65 bits per heavy atom. The molecule has 0 saturated heterocycles. The van der Waals surface area contributed by atoms with Gasteiger partial charge in [-0.3, -0.25) is 0 Å². The second kappa shape index (κ2) is 6.64. The predicted molar refractivity (Wildman–Crippen MR) is 85.4 cm³/mol. The molecular formula is C12H29F3O2Si3. The van der Waals surface area contributed by atoms with Crippen LogP contribution in [-0.4, -0.2) is 36.9 Å². The van der Waals surface area contributed by atoms with Gasteiger partial charge in [0.05, 0.1) is 5.73 Å². The minimum Gasteiger partial charge on any atom is -0.454 e. The molecule has 8 heteroatoms. The molecule has 0 aliphatic rings. The molecule has 0 N–H and O–H groups in total. The molecule has 0 amide bonds. The van der Waals surface area contributed by atoms with Gasteiger partial charge >= 0.3 is 6.18 Å². The van der Waals surface area contributed by atoms with E-state index in [2.05, 4.69) is 19.6 Å². The Kier molecular flexibility index (Phi) is 6.76. The number of hydrogen-bond acceptors (Lipinski definition) is 2. The standard InChI is InChI=1S/C12H29F3O2Si3/c1-11(16-18(2,3)4)20(8,17-19(5,6)7)10-9-12(13,14)15/h11H,9-10H2,1-8H3. The van der Waals surface area contributed by atoms with Crippen molar-refractivity contribution < 1.29 is 21.7 Å². The summed E-state index contributed by atoms with van der Waals surface area (Å²) >= 11 is 0. The van der Waals surface area contributed by atoms with Crippen LogP contribution in [0, 0.1) is 0 Å². The van der Waals surface area contributed by atoms with Gasteiger partial charge in [-0.05, 0) is 58.8 Å². The average Bonchev–Trinajstić information content (AvgIpc) is 2.08. The summed E-state index contributed by atoms with van der Waals surface area (Å²) in [5, 5.41) is 0. The summed E-state index contributed by atoms with van der Waals surface area (Å²) in [5.74, 6) is 0. The quantitative estimate of drug-likeness (QED) is 0.594. The van der Waals surface area contributed by atoms with E-state index in [1.807, 2.05) is 33.1 Å². The van der Waals surface area contributed by atoms with Crippen LogP contribution in [0.1, 0.15) is 13.3 Å². The molecule has 0 fully saturated rings. The average molecular weight is 347 g/mol. The lowest BCUT2D eigenvalue weighted by Crippen LogP contribution is -2.56. The maximum Gasteiger partial charge on any atom is 0.388 e. The largest absolute Gasteiger partial charge is 0.454 e. The Labute approximate surface area is 124 Å². The highest BCUT2D eigenvalue weighted by Gasteiger charge is 2.44. The molecule has 0 saturated carbocycles. The van der Waals surface area contributed by atoms with E-state index < -0.39 is 37.5 Å². The van der Waals surface area contributed by atoms with Gasteiger partial charge in [-0.1, -0.05) is 0 Å². The van der Waals surface area contributed by atoms with Gasteiger partial charge in [-0.15, -0.1) is 0 Å². The van der Waals surface area contributed by atoms with Crippen molar-refractivity contribution in [2.75, 3.05) is 0 Å². The van der Waals surface area contributed by atoms with Crippen LogP contribution in [0.15, 0.2) is 0 Å². The fraction of sp³-hybridized carbons (Fsp3) is 1.00. The van der Waals surface area contributed by atoms with Crippen molar-refractivity contribution in [3.8, 4) is 0 Å². The highest BCUT2D eigenvalue weighted by Crippen LogP contribution is 2.32. The molecule has 0 aromatic carbocycles. The first-order valence-corrected chi connectivity index (χ1v) is 16.5. The van der Waals surface area contributed by atoms with E-state index in [1.165, 1.54) is 0 Å². The van der Waals surface area contributed by atoms with Crippen molar-refractivity contribution in [3.63, 3.8) is 0 Å². The van der Waals surface area contributed by atoms with E-state index in [-0.39, 0.29) is 11.8 Å². The Balaban J connectivity index is 5.04. The minimum absolute atomic E-state index is 0.0758. The third kappa shape index (κ3) is 9.32. The SMILES string of the molecule is CC(O[Si](C)(C)C)[Si](C)(CCC(F)(F)F)O[Si](C)(C)C. The number of hydrogen-bond donors (Lipinski definition) is 0. The van der Waals surface area contributed by atoms with Gasteiger partial charge in [0.1, 0.15) is 0 Å². The fourth-order valence-electron chi connectivity index (χ4n) is 2.08. The van der Waals surface area contributed by atoms with Crippen molar-refractivity contribution in [2.24, 2.45) is 0 Å². The Morgan fingerprint density at radius 1 is 0.900 bits per heavy atom. The molecule has 122 valence electrons. The summed E-state index contributed by atoms with van der Waals surface area (Å²) in [4.78, 5) is 0. The summed E-state index contributed by atoms with van der Waals surface area (Å²) in [5.41, 5.74) is -0.205. The molecule has 0 spiro atoms. The molecule has 0 bridgehead atoms. The van der Waals surface area contributed by atoms with Crippen molar-refractivity contribution in [3.05, 3.63) is 0 Å². The van der Waals surface area contributed by atoms with E-state index in [0.717, 1.165) is 0 Å². The van der Waals surface area contributed by atoms with E-state index in [0.29, 0.717) is 0 Å². The van der Waals surface area contributed by atoms with Crippen LogP contribution in [0.2, 0.25) is 51.9 Å². The lowest BCUT2D eigenvalue weighted by Gasteiger charge is -2.41. The van der Waals surface area contributed by atoms with Crippen molar-refractivity contribution in [1.29, 1.82) is 0 Å². The molecule has 0 aromatic heterocycles. The predicted octanol–water partition coefficient (Wildman–Crippen LogP) is 5.14. The van der Waals surface area contributed by atoms with E-state index in [1.54, 1.807) is 0 Å². The van der Waals surface area contributed by atoms with Gasteiger partial charge in [-0.25, -0.2) is 0 Å². The first-order chi connectivity index (χ1) is 8.54. The normalized spacial score (nSPS) is 18.8. The zero-order valence-electron chi connectivity index (χ0n) is 13.9. The van der Waals surface area contributed by atoms with Crippen LogP contribution < -0.4 is 0 Å². The summed E-state index contributed by atoms with van der Waals surface area (Å²) in [6.07, 6.45) is -4.91. The summed E-state index contributed by atoms with van der Waals surface area (Å²) < 4.78 is 49.9. The monoisotopic (exact) mass is 346 g/mol. The van der Waals surface area contributed by atoms with Crippen molar-refractivity contribution >= 4 is 25.0 Å². The molecule has 2 atom stereocenters. The van der Waals surface area contributed by atoms with E-state index in [4.69, 9.17) is 8.54 Å². The third-order valence-electron chi connectivity index (χ3n) is 2.83. The van der Waals surface area contributed by atoms with Crippen LogP contribution in [0.4, 0.5) is 13.2 Å². The highest BCUT2D eigenvalue weighted by atomic mass is 28.4. The molecule has 2 unspecified atom stereocenters.